The van der Waals surface area contributed by atoms with E-state index in [1.165, 1.54) is 18.2 Å². The molecule has 1 aromatic rings. The van der Waals surface area contributed by atoms with E-state index in [1.807, 2.05) is 0 Å². The van der Waals surface area contributed by atoms with Crippen molar-refractivity contribution < 1.29 is 23.9 Å². The summed E-state index contributed by atoms with van der Waals surface area (Å²) >= 11 is 0. The molecule has 2 amide bonds. The molecule has 1 aromatic carbocycles. The van der Waals surface area contributed by atoms with Gasteiger partial charge in [-0.3, -0.25) is 9.59 Å². The maximum absolute atomic E-state index is 13.0. The first-order chi connectivity index (χ1) is 10.5. The van der Waals surface area contributed by atoms with Crippen molar-refractivity contribution in [1.82, 2.24) is 10.6 Å². The molecule has 0 spiro atoms. The third-order valence-electron chi connectivity index (χ3n) is 3.40. The van der Waals surface area contributed by atoms with Crippen LogP contribution in [0.1, 0.15) is 29.6 Å². The number of benzene rings is 1. The van der Waals surface area contributed by atoms with Gasteiger partial charge in [0.05, 0.1) is 6.54 Å². The molecule has 7 heteroatoms. The minimum Gasteiger partial charge on any atom is -0.480 e. The van der Waals surface area contributed by atoms with Gasteiger partial charge in [-0.05, 0) is 30.5 Å². The van der Waals surface area contributed by atoms with Crippen LogP contribution in [0.15, 0.2) is 24.3 Å². The van der Waals surface area contributed by atoms with Crippen LogP contribution in [-0.4, -0.2) is 35.5 Å². The maximum Gasteiger partial charge on any atom is 0.326 e. The molecule has 1 aliphatic rings. The van der Waals surface area contributed by atoms with Crippen LogP contribution in [0.2, 0.25) is 0 Å². The van der Waals surface area contributed by atoms with Crippen LogP contribution in [0.25, 0.3) is 0 Å². The lowest BCUT2D eigenvalue weighted by Crippen LogP contribution is -2.45. The van der Waals surface area contributed by atoms with Crippen molar-refractivity contribution in [2.24, 2.45) is 5.92 Å². The second kappa shape index (κ2) is 7.02. The molecule has 1 aliphatic carbocycles. The number of carbonyl (C=O) groups is 3. The zero-order valence-corrected chi connectivity index (χ0v) is 11.8. The molecule has 1 unspecified atom stereocenters. The molecule has 0 bridgehead atoms. The van der Waals surface area contributed by atoms with Gasteiger partial charge >= 0.3 is 5.97 Å². The summed E-state index contributed by atoms with van der Waals surface area (Å²) in [5.74, 6) is -2.46. The van der Waals surface area contributed by atoms with Crippen molar-refractivity contribution in [2.45, 2.75) is 25.3 Å². The fourth-order valence-corrected chi connectivity index (χ4v) is 2.05. The lowest BCUT2D eigenvalue weighted by molar-refractivity contribution is -0.142. The molecule has 22 heavy (non-hydrogen) atoms. The minimum atomic E-state index is -1.09. The number of hydrogen-bond donors (Lipinski definition) is 3. The van der Waals surface area contributed by atoms with E-state index in [9.17, 15) is 18.8 Å². The Kier molecular flexibility index (Phi) is 5.08. The summed E-state index contributed by atoms with van der Waals surface area (Å²) in [5, 5.41) is 13.7. The first-order valence-corrected chi connectivity index (χ1v) is 7.01. The Morgan fingerprint density at radius 1 is 1.32 bits per heavy atom. The van der Waals surface area contributed by atoms with E-state index in [0.29, 0.717) is 12.3 Å². The summed E-state index contributed by atoms with van der Waals surface area (Å²) in [7, 11) is 0. The third-order valence-corrected chi connectivity index (χ3v) is 3.40. The Balaban J connectivity index is 1.81. The molecule has 118 valence electrons. The molecular weight excluding hydrogens is 291 g/mol. The highest BCUT2D eigenvalue weighted by molar-refractivity contribution is 5.96. The number of nitrogens with one attached hydrogen (secondary N) is 2. The molecule has 1 saturated carbocycles. The van der Waals surface area contributed by atoms with Gasteiger partial charge in [0, 0.05) is 5.56 Å². The SMILES string of the molecule is O=C(CNC(=O)c1cccc(F)c1)NC(CC1CC1)C(=O)O. The number of carboxylic acids is 1. The van der Waals surface area contributed by atoms with Crippen molar-refractivity contribution >= 4 is 17.8 Å². The van der Waals surface area contributed by atoms with Crippen LogP contribution in [0.3, 0.4) is 0 Å². The lowest BCUT2D eigenvalue weighted by Gasteiger charge is -2.14. The van der Waals surface area contributed by atoms with Gasteiger partial charge in [-0.2, -0.15) is 0 Å². The Bertz CT molecular complexity index is 587. The first kappa shape index (κ1) is 15.9. The zero-order chi connectivity index (χ0) is 16.1. The number of carboxylic acid groups (broad SMARTS) is 1. The Morgan fingerprint density at radius 2 is 2.05 bits per heavy atom. The van der Waals surface area contributed by atoms with Gasteiger partial charge in [-0.25, -0.2) is 9.18 Å². The monoisotopic (exact) mass is 308 g/mol. The molecule has 0 aliphatic heterocycles. The van der Waals surface area contributed by atoms with E-state index >= 15 is 0 Å². The van der Waals surface area contributed by atoms with Gasteiger partial charge in [0.15, 0.2) is 0 Å². The smallest absolute Gasteiger partial charge is 0.326 e. The van der Waals surface area contributed by atoms with E-state index in [1.54, 1.807) is 0 Å². The fourth-order valence-electron chi connectivity index (χ4n) is 2.05. The van der Waals surface area contributed by atoms with Crippen LogP contribution in [0, 0.1) is 11.7 Å². The summed E-state index contributed by atoms with van der Waals surface area (Å²) in [5.41, 5.74) is 0.0977. The summed E-state index contributed by atoms with van der Waals surface area (Å²) in [6.45, 7) is -0.357. The highest BCUT2D eigenvalue weighted by atomic mass is 19.1. The predicted octanol–water partition coefficient (Wildman–Crippen LogP) is 0.925. The van der Waals surface area contributed by atoms with Gasteiger partial charge in [0.25, 0.3) is 5.91 Å². The normalized spacial score (nSPS) is 15.0. The number of amides is 2. The first-order valence-electron chi connectivity index (χ1n) is 7.01. The summed E-state index contributed by atoms with van der Waals surface area (Å²) in [4.78, 5) is 34.5. The zero-order valence-electron chi connectivity index (χ0n) is 11.8. The highest BCUT2D eigenvalue weighted by Gasteiger charge is 2.30. The van der Waals surface area contributed by atoms with Crippen LogP contribution < -0.4 is 10.6 Å². The van der Waals surface area contributed by atoms with Gasteiger partial charge < -0.3 is 15.7 Å². The van der Waals surface area contributed by atoms with E-state index in [2.05, 4.69) is 10.6 Å². The van der Waals surface area contributed by atoms with Crippen molar-refractivity contribution in [3.05, 3.63) is 35.6 Å². The van der Waals surface area contributed by atoms with Crippen LogP contribution in [-0.2, 0) is 9.59 Å². The molecular formula is C15H17FN2O4. The molecule has 1 atom stereocenters. The van der Waals surface area contributed by atoms with E-state index in [0.717, 1.165) is 18.9 Å². The van der Waals surface area contributed by atoms with Crippen LogP contribution >= 0.6 is 0 Å². The van der Waals surface area contributed by atoms with Crippen LogP contribution in [0.4, 0.5) is 4.39 Å². The average molecular weight is 308 g/mol. The molecule has 0 heterocycles. The molecule has 6 nitrogen and oxygen atoms in total. The Labute approximate surface area is 126 Å². The number of halogens is 1. The predicted molar refractivity (Wildman–Crippen MR) is 75.6 cm³/mol. The van der Waals surface area contributed by atoms with E-state index in [-0.39, 0.29) is 12.1 Å². The van der Waals surface area contributed by atoms with Crippen molar-refractivity contribution in [3.63, 3.8) is 0 Å². The van der Waals surface area contributed by atoms with E-state index in [4.69, 9.17) is 5.11 Å². The topological polar surface area (TPSA) is 95.5 Å². The van der Waals surface area contributed by atoms with Gasteiger partial charge in [0.1, 0.15) is 11.9 Å². The van der Waals surface area contributed by atoms with E-state index < -0.39 is 29.6 Å². The van der Waals surface area contributed by atoms with Crippen molar-refractivity contribution in [3.8, 4) is 0 Å². The summed E-state index contributed by atoms with van der Waals surface area (Å²) < 4.78 is 13.0. The largest absolute Gasteiger partial charge is 0.480 e. The summed E-state index contributed by atoms with van der Waals surface area (Å²) in [6.07, 6.45) is 2.37. The van der Waals surface area contributed by atoms with Gasteiger partial charge in [0.2, 0.25) is 5.91 Å². The Morgan fingerprint density at radius 3 is 2.64 bits per heavy atom. The maximum atomic E-state index is 13.0. The highest BCUT2D eigenvalue weighted by Crippen LogP contribution is 2.33. The lowest BCUT2D eigenvalue weighted by atomic mass is 10.1. The molecule has 1 fully saturated rings. The standard InChI is InChI=1S/C15H17FN2O4/c16-11-3-1-2-10(7-11)14(20)17-8-13(19)18-12(15(21)22)6-9-4-5-9/h1-3,7,9,12H,4-6,8H2,(H,17,20)(H,18,19)(H,21,22). The van der Waals surface area contributed by atoms with Crippen molar-refractivity contribution in [2.75, 3.05) is 6.54 Å². The average Bonchev–Trinajstić information content (AvgIpc) is 3.28. The molecule has 0 saturated heterocycles. The third kappa shape index (κ3) is 4.83. The Hall–Kier alpha value is -2.44. The second-order valence-electron chi connectivity index (χ2n) is 5.33. The van der Waals surface area contributed by atoms with Gasteiger partial charge in [-0.1, -0.05) is 18.9 Å². The fraction of sp³-hybridized carbons (Fsp3) is 0.400. The second-order valence-corrected chi connectivity index (χ2v) is 5.33. The van der Waals surface area contributed by atoms with Crippen molar-refractivity contribution in [1.29, 1.82) is 0 Å². The summed E-state index contributed by atoms with van der Waals surface area (Å²) in [6, 6.07) is 4.13. The molecule has 2 rings (SSSR count). The van der Waals surface area contributed by atoms with Crippen LogP contribution in [0.5, 0.6) is 0 Å². The minimum absolute atomic E-state index is 0.0977. The number of hydrogen-bond acceptors (Lipinski definition) is 3. The number of carbonyl (C=O) groups excluding carboxylic acids is 2. The number of aliphatic carboxylic acids is 1. The quantitative estimate of drug-likeness (QED) is 0.698. The number of rotatable bonds is 7. The molecule has 0 aromatic heterocycles. The molecule has 0 radical (unpaired) electrons. The van der Waals surface area contributed by atoms with Gasteiger partial charge in [-0.15, -0.1) is 0 Å². The molecule has 3 N–H and O–H groups in total.